The lowest BCUT2D eigenvalue weighted by Crippen LogP contribution is -2.37. The fourth-order valence-electron chi connectivity index (χ4n) is 2.78. The molecule has 0 spiro atoms. The molecule has 0 aliphatic heterocycles. The van der Waals surface area contributed by atoms with E-state index in [1.54, 1.807) is 31.4 Å². The van der Waals surface area contributed by atoms with Crippen LogP contribution < -0.4 is 19.1 Å². The van der Waals surface area contributed by atoms with Crippen LogP contribution in [-0.2, 0) is 14.8 Å². The number of hydrogen-bond donors (Lipinski definition) is 1. The van der Waals surface area contributed by atoms with E-state index < -0.39 is 27.4 Å². The summed E-state index contributed by atoms with van der Waals surface area (Å²) < 4.78 is 35.8. The van der Waals surface area contributed by atoms with E-state index in [-0.39, 0.29) is 22.3 Å². The summed E-state index contributed by atoms with van der Waals surface area (Å²) in [6, 6.07) is 10.5. The van der Waals surface area contributed by atoms with E-state index in [1.165, 1.54) is 19.2 Å². The van der Waals surface area contributed by atoms with E-state index in [1.807, 2.05) is 0 Å². The molecular formula is C19H19N5O7S2. The van der Waals surface area contributed by atoms with Crippen LogP contribution in [0.3, 0.4) is 0 Å². The number of carbonyl (C=O) groups excluding carboxylic acids is 1. The predicted octanol–water partition coefficient (Wildman–Crippen LogP) is 2.54. The van der Waals surface area contributed by atoms with E-state index in [0.717, 1.165) is 33.5 Å². The van der Waals surface area contributed by atoms with Crippen LogP contribution in [0.25, 0.3) is 10.6 Å². The normalized spacial score (nSPS) is 11.0. The van der Waals surface area contributed by atoms with E-state index in [9.17, 15) is 23.3 Å². The monoisotopic (exact) mass is 493 g/mol. The third kappa shape index (κ3) is 5.72. The Bertz CT molecular complexity index is 1280. The van der Waals surface area contributed by atoms with Crippen molar-refractivity contribution in [2.24, 2.45) is 0 Å². The van der Waals surface area contributed by atoms with Crippen LogP contribution in [0.5, 0.6) is 11.5 Å². The van der Waals surface area contributed by atoms with Gasteiger partial charge in [0.2, 0.25) is 21.1 Å². The van der Waals surface area contributed by atoms with E-state index in [4.69, 9.17) is 9.47 Å². The number of nitrogens with one attached hydrogen (secondary N) is 1. The van der Waals surface area contributed by atoms with Crippen LogP contribution in [-0.4, -0.2) is 56.5 Å². The van der Waals surface area contributed by atoms with Gasteiger partial charge in [0.15, 0.2) is 0 Å². The number of amides is 1. The number of aromatic nitrogens is 2. The van der Waals surface area contributed by atoms with E-state index in [2.05, 4.69) is 15.5 Å². The smallest absolute Gasteiger partial charge is 0.271 e. The quantitative estimate of drug-likeness (QED) is 0.350. The van der Waals surface area contributed by atoms with Crippen molar-refractivity contribution in [1.29, 1.82) is 0 Å². The minimum atomic E-state index is -4.00. The number of hydrogen-bond acceptors (Lipinski definition) is 10. The maximum absolute atomic E-state index is 12.6. The SMILES string of the molecule is COc1ccc(-c2nnc(NC(=O)CN(c3cc([N+](=O)[O-])ccc3OC)S(C)(=O)=O)s2)cc1. The van der Waals surface area contributed by atoms with Crippen molar-refractivity contribution in [3.63, 3.8) is 0 Å². The lowest BCUT2D eigenvalue weighted by atomic mass is 10.2. The third-order valence-corrected chi connectivity index (χ3v) is 6.35. The van der Waals surface area contributed by atoms with Crippen molar-refractivity contribution >= 4 is 43.8 Å². The first-order chi connectivity index (χ1) is 15.6. The number of non-ortho nitro benzene ring substituents is 1. The minimum absolute atomic E-state index is 0.0523. The zero-order valence-electron chi connectivity index (χ0n) is 17.7. The Labute approximate surface area is 193 Å². The Morgan fingerprint density at radius 3 is 2.42 bits per heavy atom. The summed E-state index contributed by atoms with van der Waals surface area (Å²) in [6.07, 6.45) is 0.880. The van der Waals surface area contributed by atoms with Gasteiger partial charge in [0.05, 0.1) is 25.4 Å². The lowest BCUT2D eigenvalue weighted by Gasteiger charge is -2.23. The summed E-state index contributed by atoms with van der Waals surface area (Å²) in [4.78, 5) is 23.1. The number of nitrogens with zero attached hydrogens (tertiary/aromatic N) is 4. The number of ether oxygens (including phenoxy) is 2. The second-order valence-electron chi connectivity index (χ2n) is 6.57. The van der Waals surface area contributed by atoms with Gasteiger partial charge in [-0.1, -0.05) is 11.3 Å². The summed E-state index contributed by atoms with van der Waals surface area (Å²) in [6.45, 7) is -0.659. The topological polar surface area (TPSA) is 154 Å². The molecule has 12 nitrogen and oxygen atoms in total. The minimum Gasteiger partial charge on any atom is -0.497 e. The van der Waals surface area contributed by atoms with Gasteiger partial charge in [0, 0.05) is 17.7 Å². The molecule has 0 fully saturated rings. The molecule has 0 saturated heterocycles. The molecule has 1 heterocycles. The number of nitro groups is 1. The lowest BCUT2D eigenvalue weighted by molar-refractivity contribution is -0.384. The highest BCUT2D eigenvalue weighted by molar-refractivity contribution is 7.92. The molecule has 14 heteroatoms. The summed E-state index contributed by atoms with van der Waals surface area (Å²) in [5.74, 6) is 0.0113. The van der Waals surface area contributed by atoms with Crippen molar-refractivity contribution < 1.29 is 27.6 Å². The number of rotatable bonds is 9. The maximum atomic E-state index is 12.6. The number of carbonyl (C=O) groups is 1. The maximum Gasteiger partial charge on any atom is 0.271 e. The average molecular weight is 494 g/mol. The Hall–Kier alpha value is -3.78. The number of anilines is 2. The van der Waals surface area contributed by atoms with Gasteiger partial charge in [-0.25, -0.2) is 8.42 Å². The first kappa shape index (κ1) is 23.9. The first-order valence-corrected chi connectivity index (χ1v) is 11.9. The highest BCUT2D eigenvalue weighted by atomic mass is 32.2. The zero-order valence-corrected chi connectivity index (χ0v) is 19.3. The van der Waals surface area contributed by atoms with Crippen molar-refractivity contribution in [3.05, 3.63) is 52.6 Å². The first-order valence-electron chi connectivity index (χ1n) is 9.20. The number of benzene rings is 2. The third-order valence-electron chi connectivity index (χ3n) is 4.34. The molecule has 3 aromatic rings. The van der Waals surface area contributed by atoms with Gasteiger partial charge in [-0.3, -0.25) is 24.5 Å². The van der Waals surface area contributed by atoms with Crippen LogP contribution in [0, 0.1) is 10.1 Å². The second-order valence-corrected chi connectivity index (χ2v) is 9.46. The number of sulfonamides is 1. The van der Waals surface area contributed by atoms with E-state index in [0.29, 0.717) is 10.8 Å². The Balaban J connectivity index is 1.82. The van der Waals surface area contributed by atoms with E-state index >= 15 is 0 Å². The zero-order chi connectivity index (χ0) is 24.2. The average Bonchev–Trinajstić information content (AvgIpc) is 3.24. The highest BCUT2D eigenvalue weighted by Gasteiger charge is 2.26. The van der Waals surface area contributed by atoms with Crippen molar-refractivity contribution in [2.45, 2.75) is 0 Å². The molecule has 0 aliphatic carbocycles. The second kappa shape index (κ2) is 9.79. The Morgan fingerprint density at radius 2 is 1.85 bits per heavy atom. The highest BCUT2D eigenvalue weighted by Crippen LogP contribution is 2.34. The molecule has 3 rings (SSSR count). The van der Waals surface area contributed by atoms with Crippen LogP contribution >= 0.6 is 11.3 Å². The standard InChI is InChI=1S/C19H19N5O7S2/c1-30-14-7-4-12(5-8-14)18-21-22-19(32-18)20-17(25)11-23(33(3,28)29)15-10-13(24(26)27)6-9-16(15)31-2/h4-10H,11H2,1-3H3,(H,20,22,25). The van der Waals surface area contributed by atoms with Gasteiger partial charge in [-0.05, 0) is 30.3 Å². The summed E-state index contributed by atoms with van der Waals surface area (Å²) in [5.41, 5.74) is 0.265. The fraction of sp³-hybridized carbons (Fsp3) is 0.211. The van der Waals surface area contributed by atoms with Crippen LogP contribution in [0.1, 0.15) is 0 Å². The summed E-state index contributed by atoms with van der Waals surface area (Å²) >= 11 is 1.10. The van der Waals surface area contributed by atoms with Gasteiger partial charge >= 0.3 is 0 Å². The van der Waals surface area contributed by atoms with Gasteiger partial charge in [-0.2, -0.15) is 0 Å². The molecule has 0 bridgehead atoms. The molecule has 1 amide bonds. The molecule has 1 aromatic heterocycles. The molecule has 0 radical (unpaired) electrons. The van der Waals surface area contributed by atoms with Crippen LogP contribution in [0.4, 0.5) is 16.5 Å². The summed E-state index contributed by atoms with van der Waals surface area (Å²) in [5, 5.41) is 22.3. The number of nitro benzene ring substituents is 1. The molecule has 0 aliphatic rings. The molecule has 174 valence electrons. The molecule has 2 aromatic carbocycles. The van der Waals surface area contributed by atoms with Crippen molar-refractivity contribution in [3.8, 4) is 22.1 Å². The van der Waals surface area contributed by atoms with Gasteiger partial charge in [0.25, 0.3) is 5.69 Å². The predicted molar refractivity (Wildman–Crippen MR) is 122 cm³/mol. The molecular weight excluding hydrogens is 474 g/mol. The van der Waals surface area contributed by atoms with Gasteiger partial charge in [0.1, 0.15) is 28.7 Å². The van der Waals surface area contributed by atoms with Crippen LogP contribution in [0.2, 0.25) is 0 Å². The fourth-order valence-corrected chi connectivity index (χ4v) is 4.40. The molecule has 0 saturated carbocycles. The summed E-state index contributed by atoms with van der Waals surface area (Å²) in [7, 11) is -1.16. The van der Waals surface area contributed by atoms with Gasteiger partial charge < -0.3 is 9.47 Å². The molecule has 1 N–H and O–H groups in total. The van der Waals surface area contributed by atoms with Crippen LogP contribution in [0.15, 0.2) is 42.5 Å². The van der Waals surface area contributed by atoms with Gasteiger partial charge in [-0.15, -0.1) is 10.2 Å². The Morgan fingerprint density at radius 1 is 1.15 bits per heavy atom. The number of methoxy groups -OCH3 is 2. The Kier molecular flexibility index (Phi) is 7.08. The largest absolute Gasteiger partial charge is 0.497 e. The molecule has 0 unspecified atom stereocenters. The molecule has 0 atom stereocenters. The van der Waals surface area contributed by atoms with Crippen molar-refractivity contribution in [1.82, 2.24) is 10.2 Å². The molecule has 33 heavy (non-hydrogen) atoms. The van der Waals surface area contributed by atoms with Crippen molar-refractivity contribution in [2.75, 3.05) is 36.6 Å².